The Morgan fingerprint density at radius 2 is 2.04 bits per heavy atom. The Kier molecular flexibility index (Phi) is 5.47. The summed E-state index contributed by atoms with van der Waals surface area (Å²) in [6, 6.07) is 14.5. The van der Waals surface area contributed by atoms with Crippen LogP contribution in [0.1, 0.15) is 24.9 Å². The Morgan fingerprint density at radius 1 is 1.27 bits per heavy atom. The summed E-state index contributed by atoms with van der Waals surface area (Å²) in [5, 5.41) is 3.61. The number of carbonyl (C=O) groups excluding carboxylic acids is 2. The summed E-state index contributed by atoms with van der Waals surface area (Å²) >= 11 is 6.01. The predicted molar refractivity (Wildman–Crippen MR) is 101 cm³/mol. The number of hydrogen-bond donors (Lipinski definition) is 1. The summed E-state index contributed by atoms with van der Waals surface area (Å²) in [4.78, 5) is 26.6. The lowest BCUT2D eigenvalue weighted by Gasteiger charge is -2.19. The van der Waals surface area contributed by atoms with Gasteiger partial charge in [-0.2, -0.15) is 0 Å². The number of methoxy groups -OCH3 is 1. The number of halogens is 1. The van der Waals surface area contributed by atoms with Gasteiger partial charge in [-0.15, -0.1) is 0 Å². The van der Waals surface area contributed by atoms with Crippen LogP contribution in [0.25, 0.3) is 0 Å². The highest BCUT2D eigenvalue weighted by Gasteiger charge is 2.35. The Bertz CT molecular complexity index is 824. The van der Waals surface area contributed by atoms with Crippen molar-refractivity contribution in [2.45, 2.75) is 19.4 Å². The summed E-state index contributed by atoms with van der Waals surface area (Å²) in [5.74, 6) is 0.109. The van der Waals surface area contributed by atoms with Crippen molar-refractivity contribution in [3.05, 3.63) is 59.1 Å². The van der Waals surface area contributed by atoms with Gasteiger partial charge in [0.05, 0.1) is 19.1 Å². The second-order valence-corrected chi connectivity index (χ2v) is 6.83. The second kappa shape index (κ2) is 7.79. The summed E-state index contributed by atoms with van der Waals surface area (Å²) in [7, 11) is 1.58. The van der Waals surface area contributed by atoms with Crippen LogP contribution in [0.15, 0.2) is 48.5 Å². The van der Waals surface area contributed by atoms with Crippen LogP contribution in [-0.2, 0) is 9.59 Å². The molecule has 6 heteroatoms. The fourth-order valence-corrected chi connectivity index (χ4v) is 3.30. The van der Waals surface area contributed by atoms with E-state index >= 15 is 0 Å². The van der Waals surface area contributed by atoms with Crippen molar-refractivity contribution in [3.8, 4) is 5.75 Å². The molecule has 0 radical (unpaired) electrons. The van der Waals surface area contributed by atoms with Crippen molar-refractivity contribution in [1.29, 1.82) is 0 Å². The van der Waals surface area contributed by atoms with Crippen molar-refractivity contribution in [3.63, 3.8) is 0 Å². The molecule has 1 fully saturated rings. The third-order valence-corrected chi connectivity index (χ3v) is 4.80. The highest BCUT2D eigenvalue weighted by atomic mass is 35.5. The first-order valence-corrected chi connectivity index (χ1v) is 8.86. The first kappa shape index (κ1) is 18.3. The zero-order valence-corrected chi connectivity index (χ0v) is 15.5. The molecule has 0 spiro atoms. The quantitative estimate of drug-likeness (QED) is 0.872. The molecule has 1 saturated heterocycles. The molecule has 0 aromatic heterocycles. The van der Waals surface area contributed by atoms with Gasteiger partial charge in [0.25, 0.3) is 0 Å². The van der Waals surface area contributed by atoms with Gasteiger partial charge in [-0.05, 0) is 36.8 Å². The van der Waals surface area contributed by atoms with Crippen molar-refractivity contribution in [2.75, 3.05) is 18.6 Å². The van der Waals surface area contributed by atoms with E-state index in [4.69, 9.17) is 16.3 Å². The lowest BCUT2D eigenvalue weighted by molar-refractivity contribution is -0.126. The molecule has 2 amide bonds. The number of rotatable bonds is 5. The lowest BCUT2D eigenvalue weighted by Crippen LogP contribution is -2.34. The minimum Gasteiger partial charge on any atom is -0.497 e. The summed E-state index contributed by atoms with van der Waals surface area (Å²) in [5.41, 5.74) is 1.67. The molecule has 0 saturated carbocycles. The Balaban J connectivity index is 1.67. The van der Waals surface area contributed by atoms with Gasteiger partial charge in [-0.1, -0.05) is 29.8 Å². The van der Waals surface area contributed by atoms with E-state index in [9.17, 15) is 9.59 Å². The number of ether oxygens (including phenoxy) is 1. The maximum absolute atomic E-state index is 12.6. The molecule has 2 aromatic carbocycles. The van der Waals surface area contributed by atoms with Gasteiger partial charge in [0.1, 0.15) is 5.75 Å². The first-order chi connectivity index (χ1) is 12.5. The normalized spacial score (nSPS) is 17.9. The molecule has 136 valence electrons. The summed E-state index contributed by atoms with van der Waals surface area (Å²) in [6.45, 7) is 2.26. The van der Waals surface area contributed by atoms with Crippen LogP contribution >= 0.6 is 11.6 Å². The maximum atomic E-state index is 12.6. The van der Waals surface area contributed by atoms with Gasteiger partial charge in [-0.25, -0.2) is 0 Å². The van der Waals surface area contributed by atoms with E-state index in [0.717, 1.165) is 11.3 Å². The number of benzene rings is 2. The van der Waals surface area contributed by atoms with Gasteiger partial charge >= 0.3 is 0 Å². The van der Waals surface area contributed by atoms with Crippen LogP contribution in [-0.4, -0.2) is 25.5 Å². The molecule has 5 nitrogen and oxygen atoms in total. The van der Waals surface area contributed by atoms with Crippen LogP contribution in [0.2, 0.25) is 5.02 Å². The van der Waals surface area contributed by atoms with Crippen LogP contribution in [0, 0.1) is 5.92 Å². The molecule has 0 unspecified atom stereocenters. The highest BCUT2D eigenvalue weighted by Crippen LogP contribution is 2.28. The molecule has 3 rings (SSSR count). The summed E-state index contributed by atoms with van der Waals surface area (Å²) in [6.07, 6.45) is 0.200. The van der Waals surface area contributed by atoms with Crippen LogP contribution < -0.4 is 15.0 Å². The van der Waals surface area contributed by atoms with Crippen LogP contribution in [0.4, 0.5) is 5.69 Å². The Labute approximate surface area is 157 Å². The fraction of sp³-hybridized carbons (Fsp3) is 0.300. The van der Waals surface area contributed by atoms with Gasteiger partial charge in [-0.3, -0.25) is 9.59 Å². The topological polar surface area (TPSA) is 58.6 Å². The zero-order valence-electron chi connectivity index (χ0n) is 14.7. The molecular formula is C20H21ClN2O3. The number of nitrogens with zero attached hydrogens (tertiary/aromatic N) is 1. The van der Waals surface area contributed by atoms with E-state index in [1.54, 1.807) is 24.1 Å². The predicted octanol–water partition coefficient (Wildman–Crippen LogP) is 3.58. The average molecular weight is 373 g/mol. The van der Waals surface area contributed by atoms with E-state index in [1.165, 1.54) is 0 Å². The van der Waals surface area contributed by atoms with Gasteiger partial charge in [0.2, 0.25) is 11.8 Å². The van der Waals surface area contributed by atoms with E-state index < -0.39 is 0 Å². The minimum atomic E-state index is -0.379. The summed E-state index contributed by atoms with van der Waals surface area (Å²) < 4.78 is 5.21. The third-order valence-electron chi connectivity index (χ3n) is 4.57. The molecule has 2 aromatic rings. The molecular weight excluding hydrogens is 352 g/mol. The molecule has 1 N–H and O–H groups in total. The molecule has 0 bridgehead atoms. The fourth-order valence-electron chi connectivity index (χ4n) is 3.10. The molecule has 1 heterocycles. The minimum absolute atomic E-state index is 0.0613. The van der Waals surface area contributed by atoms with Crippen molar-refractivity contribution < 1.29 is 14.3 Å². The van der Waals surface area contributed by atoms with Crippen molar-refractivity contribution >= 4 is 29.1 Å². The monoisotopic (exact) mass is 372 g/mol. The number of hydrogen-bond acceptors (Lipinski definition) is 3. The standard InChI is InChI=1S/C20H21ClN2O3/c1-13(14-5-3-6-16(21)9-14)22-20(25)15-10-19(24)23(12-15)17-7-4-8-18(11-17)26-2/h3-9,11,13,15H,10,12H2,1-2H3,(H,22,25)/t13-,15-/m0/s1. The van der Waals surface area contributed by atoms with E-state index in [1.807, 2.05) is 43.3 Å². The molecule has 26 heavy (non-hydrogen) atoms. The van der Waals surface area contributed by atoms with E-state index in [0.29, 0.717) is 17.3 Å². The molecule has 1 aliphatic rings. The van der Waals surface area contributed by atoms with E-state index in [-0.39, 0.29) is 30.2 Å². The average Bonchev–Trinajstić information content (AvgIpc) is 3.03. The van der Waals surface area contributed by atoms with Crippen LogP contribution in [0.5, 0.6) is 5.75 Å². The molecule has 0 aliphatic carbocycles. The first-order valence-electron chi connectivity index (χ1n) is 8.48. The Hall–Kier alpha value is -2.53. The van der Waals surface area contributed by atoms with Gasteiger partial charge in [0, 0.05) is 29.7 Å². The number of anilines is 1. The maximum Gasteiger partial charge on any atom is 0.227 e. The van der Waals surface area contributed by atoms with E-state index in [2.05, 4.69) is 5.32 Å². The van der Waals surface area contributed by atoms with Crippen LogP contribution in [0.3, 0.4) is 0 Å². The number of nitrogens with one attached hydrogen (secondary N) is 1. The van der Waals surface area contributed by atoms with Crippen molar-refractivity contribution in [2.24, 2.45) is 5.92 Å². The van der Waals surface area contributed by atoms with Crippen molar-refractivity contribution in [1.82, 2.24) is 5.32 Å². The Morgan fingerprint density at radius 3 is 2.77 bits per heavy atom. The molecule has 1 aliphatic heterocycles. The largest absolute Gasteiger partial charge is 0.497 e. The number of amides is 2. The zero-order chi connectivity index (χ0) is 18.7. The van der Waals surface area contributed by atoms with Gasteiger partial charge < -0.3 is 15.0 Å². The number of carbonyl (C=O) groups is 2. The smallest absolute Gasteiger partial charge is 0.227 e. The molecule has 2 atom stereocenters. The SMILES string of the molecule is COc1cccc(N2C[C@@H](C(=O)N[C@@H](C)c3cccc(Cl)c3)CC2=O)c1. The highest BCUT2D eigenvalue weighted by molar-refractivity contribution is 6.30. The third kappa shape index (κ3) is 3.99. The second-order valence-electron chi connectivity index (χ2n) is 6.39. The van der Waals surface area contributed by atoms with Gasteiger partial charge in [0.15, 0.2) is 0 Å². The lowest BCUT2D eigenvalue weighted by atomic mass is 10.1.